The van der Waals surface area contributed by atoms with Crippen molar-refractivity contribution in [2.24, 2.45) is 23.7 Å². The number of aliphatic hydroxyl groups is 5. The SMILES string of the molecule is CC[C@H](C)[C@H]1O[C@]2(C=C[C@@H]1C)C[C@H]1C[C@@H](C/C=C(/C)[C@@H](O[C@H]3C[C@H](OC)[C@@H](O[C@H]4C[C@H](OC)[C@@H](O[C@@H]5O[C@H](C)[C@@H](O)[C@H](O)[C@H]5O)[C@H](C)O4)[C@H](C)O3)[C@@H](C)/C=C/C=C3/CO[C@H]4[C@H](O)C(C)=C[C@@H](C(=O)O1)[C@@]34O)O2. The lowest BCUT2D eigenvalue weighted by atomic mass is 9.71. The second kappa shape index (κ2) is 23.0. The lowest BCUT2D eigenvalue weighted by Gasteiger charge is -2.48. The predicted octanol–water partition coefficient (Wildman–Crippen LogP) is 4.23. The quantitative estimate of drug-likeness (QED) is 0.152. The van der Waals surface area contributed by atoms with E-state index in [0.29, 0.717) is 30.4 Å². The van der Waals surface area contributed by atoms with Crippen LogP contribution in [-0.4, -0.2) is 180 Å². The number of aliphatic hydroxyl groups excluding tert-OH is 4. The number of carbonyl (C=O) groups is 1. The van der Waals surface area contributed by atoms with Gasteiger partial charge in [0.15, 0.2) is 24.7 Å². The molecular weight excluding hydrogens is 937 g/mol. The molecule has 8 rings (SSSR count). The van der Waals surface area contributed by atoms with E-state index in [4.69, 9.17) is 56.8 Å². The highest BCUT2D eigenvalue weighted by Gasteiger charge is 2.60. The van der Waals surface area contributed by atoms with Crippen molar-refractivity contribution in [1.82, 2.24) is 0 Å². The Balaban J connectivity index is 1.02. The van der Waals surface area contributed by atoms with Crippen molar-refractivity contribution in [3.8, 4) is 0 Å². The van der Waals surface area contributed by atoms with E-state index in [0.717, 1.165) is 12.0 Å². The Morgan fingerprint density at radius 1 is 0.778 bits per heavy atom. The molecule has 8 aliphatic rings. The van der Waals surface area contributed by atoms with Crippen LogP contribution in [0, 0.1) is 23.7 Å². The average Bonchev–Trinajstić information content (AvgIpc) is 3.69. The summed E-state index contributed by atoms with van der Waals surface area (Å²) in [5.74, 6) is -2.73. The molecule has 5 fully saturated rings. The molecule has 18 nitrogen and oxygen atoms in total. The molecule has 18 heteroatoms. The molecule has 7 aliphatic heterocycles. The van der Waals surface area contributed by atoms with E-state index in [1.54, 1.807) is 47.1 Å². The molecule has 25 atom stereocenters. The summed E-state index contributed by atoms with van der Waals surface area (Å²) in [5.41, 5.74) is 0.0322. The summed E-state index contributed by atoms with van der Waals surface area (Å²) < 4.78 is 76.6. The van der Waals surface area contributed by atoms with Crippen molar-refractivity contribution in [2.75, 3.05) is 20.8 Å². The van der Waals surface area contributed by atoms with Crippen LogP contribution in [0.3, 0.4) is 0 Å². The predicted molar refractivity (Wildman–Crippen MR) is 259 cm³/mol. The van der Waals surface area contributed by atoms with Gasteiger partial charge in [0.2, 0.25) is 0 Å². The van der Waals surface area contributed by atoms with E-state index >= 15 is 0 Å². The van der Waals surface area contributed by atoms with Gasteiger partial charge in [-0.15, -0.1) is 0 Å². The first-order valence-electron chi connectivity index (χ1n) is 26.2. The molecule has 0 radical (unpaired) electrons. The van der Waals surface area contributed by atoms with E-state index in [-0.39, 0.29) is 43.3 Å². The maximum absolute atomic E-state index is 14.4. The van der Waals surface area contributed by atoms with Gasteiger partial charge in [0.05, 0.1) is 55.4 Å². The van der Waals surface area contributed by atoms with Gasteiger partial charge in [-0.05, 0) is 69.8 Å². The van der Waals surface area contributed by atoms with Crippen LogP contribution in [0.4, 0.5) is 0 Å². The Morgan fingerprint density at radius 3 is 2.11 bits per heavy atom. The number of allylic oxidation sites excluding steroid dienone is 2. The van der Waals surface area contributed by atoms with Crippen LogP contribution in [-0.2, 0) is 61.6 Å². The molecule has 0 aromatic rings. The molecular formula is C54H82O18. The molecule has 72 heavy (non-hydrogen) atoms. The molecule has 0 amide bonds. The zero-order valence-corrected chi connectivity index (χ0v) is 43.8. The van der Waals surface area contributed by atoms with Gasteiger partial charge in [-0.25, -0.2) is 0 Å². The van der Waals surface area contributed by atoms with Crippen molar-refractivity contribution >= 4 is 5.97 Å². The third kappa shape index (κ3) is 11.3. The van der Waals surface area contributed by atoms with Crippen LogP contribution in [0.1, 0.15) is 101 Å². The fourth-order valence-electron chi connectivity index (χ4n) is 12.0. The topological polar surface area (TPSA) is 229 Å². The molecule has 0 unspecified atom stereocenters. The number of fused-ring (bicyclic) bond motifs is 2. The molecule has 0 aromatic heterocycles. The standard InChI is InChI=1S/C54H82O18/c1-12-26(2)47-29(5)18-19-53(72-47)24-36-21-35(71-53)17-16-28(4)46(27(3)14-13-15-34-25-63-50-42(55)30(6)20-37(51(59)67-36)54(34,50)60)68-40-22-38(61-10)48(32(8)64-40)69-41-23-39(62-11)49(33(9)65-41)70-52-45(58)44(57)43(56)31(7)66-52/h13-16,18-20,26-27,29,31-33,35-50,52,55-58,60H,12,17,21-25H2,1-11H3/b14-13+,28-16-,34-15-/t26-,27-,29-,31+,32-,33-,35+,36+,37-,38-,39-,40-,41-,42+,43+,44-,45+,46-,47+,48-,49-,50-,52-,53+,54-/m0/s1. The van der Waals surface area contributed by atoms with Crippen LogP contribution >= 0.6 is 0 Å². The number of carbonyl (C=O) groups excluding carboxylic acids is 1. The summed E-state index contributed by atoms with van der Waals surface area (Å²) in [5, 5.41) is 55.1. The van der Waals surface area contributed by atoms with E-state index in [1.807, 2.05) is 39.0 Å². The van der Waals surface area contributed by atoms with Crippen LogP contribution < -0.4 is 0 Å². The van der Waals surface area contributed by atoms with Crippen molar-refractivity contribution in [2.45, 2.75) is 229 Å². The number of ether oxygens (including phenoxy) is 12. The number of hydrogen-bond donors (Lipinski definition) is 5. The molecule has 5 saturated heterocycles. The lowest BCUT2D eigenvalue weighted by molar-refractivity contribution is -0.350. The Hall–Kier alpha value is -2.47. The van der Waals surface area contributed by atoms with Gasteiger partial charge in [0, 0.05) is 51.7 Å². The zero-order valence-electron chi connectivity index (χ0n) is 43.8. The van der Waals surface area contributed by atoms with Crippen LogP contribution in [0.5, 0.6) is 0 Å². The van der Waals surface area contributed by atoms with Gasteiger partial charge < -0.3 is 82.4 Å². The highest BCUT2D eigenvalue weighted by atomic mass is 16.8. The average molecular weight is 1020 g/mol. The number of rotatable bonds is 10. The first kappa shape index (κ1) is 55.8. The van der Waals surface area contributed by atoms with Gasteiger partial charge in [-0.1, -0.05) is 70.6 Å². The summed E-state index contributed by atoms with van der Waals surface area (Å²) in [6.45, 7) is 17.6. The highest BCUT2D eigenvalue weighted by molar-refractivity contribution is 5.78. The Morgan fingerprint density at radius 2 is 1.44 bits per heavy atom. The molecule has 5 N–H and O–H groups in total. The fourth-order valence-corrected chi connectivity index (χ4v) is 12.0. The first-order chi connectivity index (χ1) is 34.2. The van der Waals surface area contributed by atoms with E-state index in [2.05, 4.69) is 32.9 Å². The molecule has 0 saturated carbocycles. The summed E-state index contributed by atoms with van der Waals surface area (Å²) in [6.07, 6.45) is 1.16. The Labute approximate surface area is 424 Å². The molecule has 7 heterocycles. The number of hydrogen-bond acceptors (Lipinski definition) is 18. The van der Waals surface area contributed by atoms with Gasteiger partial charge in [-0.2, -0.15) is 0 Å². The fraction of sp³-hybridized carbons (Fsp3) is 0.796. The highest BCUT2D eigenvalue weighted by Crippen LogP contribution is 2.47. The molecule has 406 valence electrons. The number of esters is 1. The Kier molecular flexibility index (Phi) is 17.8. The van der Waals surface area contributed by atoms with E-state index in [9.17, 15) is 30.3 Å². The van der Waals surface area contributed by atoms with Gasteiger partial charge in [0.25, 0.3) is 0 Å². The maximum atomic E-state index is 14.4. The molecule has 1 aliphatic carbocycles. The number of methoxy groups -OCH3 is 2. The van der Waals surface area contributed by atoms with Crippen LogP contribution in [0.15, 0.2) is 59.3 Å². The first-order valence-corrected chi connectivity index (χ1v) is 26.2. The van der Waals surface area contributed by atoms with Crippen molar-refractivity contribution in [3.63, 3.8) is 0 Å². The van der Waals surface area contributed by atoms with Crippen LogP contribution in [0.2, 0.25) is 0 Å². The third-order valence-corrected chi connectivity index (χ3v) is 16.6. The second-order valence-corrected chi connectivity index (χ2v) is 21.7. The monoisotopic (exact) mass is 1020 g/mol. The lowest BCUT2D eigenvalue weighted by Crippen LogP contribution is -2.61. The van der Waals surface area contributed by atoms with Crippen LogP contribution in [0.25, 0.3) is 0 Å². The minimum atomic E-state index is -1.87. The summed E-state index contributed by atoms with van der Waals surface area (Å²) >= 11 is 0. The Bertz CT molecular complexity index is 2020. The molecule has 1 spiro atoms. The zero-order chi connectivity index (χ0) is 52.0. The smallest absolute Gasteiger partial charge is 0.316 e. The largest absolute Gasteiger partial charge is 0.462 e. The maximum Gasteiger partial charge on any atom is 0.316 e. The van der Waals surface area contributed by atoms with Gasteiger partial charge in [0.1, 0.15) is 60.4 Å². The van der Waals surface area contributed by atoms with Gasteiger partial charge in [-0.3, -0.25) is 4.79 Å². The molecule has 0 aromatic carbocycles. The second-order valence-electron chi connectivity index (χ2n) is 21.7. The van der Waals surface area contributed by atoms with E-state index < -0.39 is 134 Å². The molecule has 2 bridgehead atoms. The van der Waals surface area contributed by atoms with Crippen molar-refractivity contribution < 1.29 is 87.2 Å². The summed E-state index contributed by atoms with van der Waals surface area (Å²) in [4.78, 5) is 14.4. The summed E-state index contributed by atoms with van der Waals surface area (Å²) in [7, 11) is 3.17. The normalized spacial score (nSPS) is 50.4. The van der Waals surface area contributed by atoms with Crippen molar-refractivity contribution in [3.05, 3.63) is 59.3 Å². The third-order valence-electron chi connectivity index (χ3n) is 16.6. The minimum Gasteiger partial charge on any atom is -0.462 e. The van der Waals surface area contributed by atoms with E-state index in [1.165, 1.54) is 0 Å². The minimum absolute atomic E-state index is 0.00734. The summed E-state index contributed by atoms with van der Waals surface area (Å²) in [6, 6.07) is 0. The van der Waals surface area contributed by atoms with Crippen molar-refractivity contribution in [1.29, 1.82) is 0 Å². The van der Waals surface area contributed by atoms with Gasteiger partial charge >= 0.3 is 5.97 Å².